The summed E-state index contributed by atoms with van der Waals surface area (Å²) in [7, 11) is 1.43. The predicted octanol–water partition coefficient (Wildman–Crippen LogP) is 6.02. The fourth-order valence-corrected chi connectivity index (χ4v) is 4.93. The lowest BCUT2D eigenvalue weighted by Crippen LogP contribution is -2.46. The van der Waals surface area contributed by atoms with Gasteiger partial charge in [0, 0.05) is 30.7 Å². The van der Waals surface area contributed by atoms with Gasteiger partial charge < -0.3 is 24.0 Å². The van der Waals surface area contributed by atoms with E-state index in [-0.39, 0.29) is 60.3 Å². The maximum Gasteiger partial charge on any atom is 0.410 e. The molecule has 5 rings (SSSR count). The van der Waals surface area contributed by atoms with Crippen LogP contribution in [0.25, 0.3) is 0 Å². The average Bonchev–Trinajstić information content (AvgIpc) is 2.94. The first-order valence-corrected chi connectivity index (χ1v) is 13.0. The Hall–Kier alpha value is -4.55. The van der Waals surface area contributed by atoms with Gasteiger partial charge in [-0.2, -0.15) is 8.78 Å². The van der Waals surface area contributed by atoms with Gasteiger partial charge in [-0.05, 0) is 45.0 Å². The highest BCUT2D eigenvalue weighted by molar-refractivity contribution is 6.13. The second-order valence-electron chi connectivity index (χ2n) is 10.7. The molecule has 0 N–H and O–H groups in total. The minimum absolute atomic E-state index is 0.00275. The number of rotatable bonds is 3. The summed E-state index contributed by atoms with van der Waals surface area (Å²) in [6.07, 6.45) is -0.625. The van der Waals surface area contributed by atoms with Gasteiger partial charge in [0.15, 0.2) is 11.6 Å². The highest BCUT2D eigenvalue weighted by Crippen LogP contribution is 2.42. The van der Waals surface area contributed by atoms with Gasteiger partial charge in [-0.25, -0.2) is 18.6 Å². The first-order chi connectivity index (χ1) is 19.9. The molecule has 0 saturated carbocycles. The number of carbonyl (C=O) groups is 2. The Morgan fingerprint density at radius 3 is 2.43 bits per heavy atom. The highest BCUT2D eigenvalue weighted by Gasteiger charge is 2.37. The number of pyridine rings is 1. The Morgan fingerprint density at radius 2 is 1.74 bits per heavy atom. The molecule has 3 aromatic rings. The summed E-state index contributed by atoms with van der Waals surface area (Å²) in [5, 5.41) is 0. The van der Waals surface area contributed by atoms with Crippen molar-refractivity contribution in [2.75, 3.05) is 30.1 Å². The molecule has 13 heteroatoms. The van der Waals surface area contributed by atoms with Crippen LogP contribution in [-0.2, 0) is 17.7 Å². The summed E-state index contributed by atoms with van der Waals surface area (Å²) in [6, 6.07) is 9.16. The van der Waals surface area contributed by atoms with Crippen molar-refractivity contribution in [3.8, 4) is 11.6 Å². The van der Waals surface area contributed by atoms with E-state index >= 15 is 0 Å². The minimum atomic E-state index is -3.19. The molecule has 2 aliphatic heterocycles. The fourth-order valence-electron chi connectivity index (χ4n) is 4.93. The van der Waals surface area contributed by atoms with Gasteiger partial charge in [-0.15, -0.1) is 0 Å². The average molecular weight is 589 g/mol. The molecule has 9 nitrogen and oxygen atoms in total. The molecule has 3 heterocycles. The minimum Gasteiger partial charge on any atom is -0.481 e. The van der Waals surface area contributed by atoms with Crippen molar-refractivity contribution in [1.82, 2.24) is 9.88 Å². The number of anilines is 3. The van der Waals surface area contributed by atoms with Gasteiger partial charge in [0.2, 0.25) is 5.88 Å². The van der Waals surface area contributed by atoms with E-state index in [9.17, 15) is 27.2 Å². The number of halogens is 4. The largest absolute Gasteiger partial charge is 0.481 e. The summed E-state index contributed by atoms with van der Waals surface area (Å²) in [5.74, 6) is -3.04. The van der Waals surface area contributed by atoms with Gasteiger partial charge in [0.05, 0.1) is 42.0 Å². The van der Waals surface area contributed by atoms with E-state index in [4.69, 9.17) is 14.2 Å². The van der Waals surface area contributed by atoms with Crippen molar-refractivity contribution in [2.45, 2.75) is 45.9 Å². The molecule has 42 heavy (non-hydrogen) atoms. The first kappa shape index (κ1) is 29.0. The number of nitrogens with zero attached hydrogens (tertiary/aromatic N) is 4. The van der Waals surface area contributed by atoms with E-state index in [2.05, 4.69) is 4.98 Å². The Labute approximate surface area is 239 Å². The quantitative estimate of drug-likeness (QED) is 0.346. The Morgan fingerprint density at radius 1 is 1.00 bits per heavy atom. The lowest BCUT2D eigenvalue weighted by molar-refractivity contribution is -0.0507. The number of hydrogen-bond acceptors (Lipinski definition) is 7. The predicted molar refractivity (Wildman–Crippen MR) is 144 cm³/mol. The van der Waals surface area contributed by atoms with E-state index in [0.717, 1.165) is 12.1 Å². The zero-order chi connectivity index (χ0) is 30.3. The summed E-state index contributed by atoms with van der Waals surface area (Å²) in [5.41, 5.74) is 0.0731. The van der Waals surface area contributed by atoms with Crippen LogP contribution >= 0.6 is 0 Å². The second kappa shape index (κ2) is 11.0. The van der Waals surface area contributed by atoms with Crippen LogP contribution in [0, 0.1) is 11.6 Å². The van der Waals surface area contributed by atoms with Crippen molar-refractivity contribution >= 4 is 29.1 Å². The molecule has 0 spiro atoms. The van der Waals surface area contributed by atoms with Crippen LogP contribution in [0.2, 0.25) is 0 Å². The van der Waals surface area contributed by atoms with Gasteiger partial charge in [0.1, 0.15) is 18.0 Å². The number of hydrogen-bond donors (Lipinski definition) is 0. The van der Waals surface area contributed by atoms with Crippen molar-refractivity contribution < 1.29 is 41.4 Å². The van der Waals surface area contributed by atoms with E-state index in [0.29, 0.717) is 11.4 Å². The fraction of sp³-hybridized carbons (Fsp3) is 0.345. The van der Waals surface area contributed by atoms with Gasteiger partial charge in [-0.3, -0.25) is 9.69 Å². The van der Waals surface area contributed by atoms with Crippen LogP contribution in [-0.4, -0.2) is 54.4 Å². The summed E-state index contributed by atoms with van der Waals surface area (Å²) in [6.45, 7) is 1.42. The zero-order valence-corrected chi connectivity index (χ0v) is 23.3. The standard InChI is InChI=1S/C29H28F4N4O5/c1-29(2,3)42-28(39)35-11-10-20-22(8-9-25(34-20)40-4)37-15-36(23-13-19(31)18(30)12-16(23)26(37)38)21-6-5-7-24(17(21)14-35)41-27(32)33/h5-9,12-13,27H,10-11,14-15H2,1-4H3. The first-order valence-electron chi connectivity index (χ1n) is 13.0. The van der Waals surface area contributed by atoms with E-state index in [1.165, 1.54) is 33.9 Å². The van der Waals surface area contributed by atoms with Crippen LogP contribution in [0.5, 0.6) is 11.6 Å². The number of benzene rings is 2. The molecule has 0 saturated heterocycles. The van der Waals surface area contributed by atoms with Crippen molar-refractivity contribution in [3.05, 3.63) is 70.9 Å². The molecule has 0 aliphatic carbocycles. The molecule has 0 atom stereocenters. The van der Waals surface area contributed by atoms with Crippen LogP contribution in [0.4, 0.5) is 39.4 Å². The molecule has 2 amide bonds. The lowest BCUT2D eigenvalue weighted by atomic mass is 10.0. The smallest absolute Gasteiger partial charge is 0.410 e. The van der Waals surface area contributed by atoms with Crippen molar-refractivity contribution in [1.29, 1.82) is 0 Å². The topological polar surface area (TPSA) is 84.4 Å². The number of methoxy groups -OCH3 is 1. The van der Waals surface area contributed by atoms with E-state index in [1.54, 1.807) is 39.0 Å². The molecule has 1 aromatic heterocycles. The monoisotopic (exact) mass is 588 g/mol. The van der Waals surface area contributed by atoms with Gasteiger partial charge in [-0.1, -0.05) is 6.07 Å². The molecule has 0 unspecified atom stereocenters. The Bertz CT molecular complexity index is 1550. The van der Waals surface area contributed by atoms with Gasteiger partial charge in [0.25, 0.3) is 5.91 Å². The molecular weight excluding hydrogens is 560 g/mol. The number of alkyl halides is 2. The van der Waals surface area contributed by atoms with Crippen molar-refractivity contribution in [3.63, 3.8) is 0 Å². The van der Waals surface area contributed by atoms with E-state index in [1.807, 2.05) is 0 Å². The van der Waals surface area contributed by atoms with Crippen LogP contribution in [0.15, 0.2) is 42.5 Å². The summed E-state index contributed by atoms with van der Waals surface area (Å²) in [4.78, 5) is 35.8. The molecule has 0 radical (unpaired) electrons. The molecular formula is C29H28F4N4O5. The van der Waals surface area contributed by atoms with Gasteiger partial charge >= 0.3 is 12.7 Å². The molecule has 0 fully saturated rings. The third-order valence-corrected chi connectivity index (χ3v) is 6.75. The number of aromatic nitrogens is 1. The Balaban J connectivity index is 1.77. The molecule has 2 bridgehead atoms. The number of amides is 2. The number of fused-ring (bicyclic) bond motifs is 8. The van der Waals surface area contributed by atoms with Crippen LogP contribution in [0.1, 0.15) is 42.4 Å². The van der Waals surface area contributed by atoms with Crippen LogP contribution < -0.4 is 19.3 Å². The molecule has 2 aliphatic rings. The van der Waals surface area contributed by atoms with Crippen LogP contribution in [0.3, 0.4) is 0 Å². The summed E-state index contributed by atoms with van der Waals surface area (Å²) >= 11 is 0. The number of ether oxygens (including phenoxy) is 3. The Kier molecular flexibility index (Phi) is 7.60. The SMILES string of the molecule is COc1ccc2c(n1)CCN(C(=O)OC(C)(C)C)Cc1c(OC(F)F)cccc1N1CN2C(=O)c2cc(F)c(F)cc21. The normalized spacial score (nSPS) is 15.0. The zero-order valence-electron chi connectivity index (χ0n) is 23.3. The van der Waals surface area contributed by atoms with E-state index < -0.39 is 35.8 Å². The maximum absolute atomic E-state index is 14.6. The second-order valence-corrected chi connectivity index (χ2v) is 10.7. The molecule has 2 aromatic carbocycles. The third kappa shape index (κ3) is 5.63. The molecule has 222 valence electrons. The third-order valence-electron chi connectivity index (χ3n) is 6.75. The highest BCUT2D eigenvalue weighted by atomic mass is 19.3. The maximum atomic E-state index is 14.6. The van der Waals surface area contributed by atoms with Crippen molar-refractivity contribution in [2.24, 2.45) is 0 Å². The lowest BCUT2D eigenvalue weighted by Gasteiger charge is -2.39. The summed E-state index contributed by atoms with van der Waals surface area (Å²) < 4.78 is 71.9. The number of carbonyl (C=O) groups excluding carboxylic acids is 2.